The predicted molar refractivity (Wildman–Crippen MR) is 122 cm³/mol. The minimum Gasteiger partial charge on any atom is -0.347 e. The van der Waals surface area contributed by atoms with Gasteiger partial charge in [-0.1, -0.05) is 78.9 Å². The van der Waals surface area contributed by atoms with Gasteiger partial charge < -0.3 is 5.32 Å². The molecule has 4 aromatic rings. The number of hydrogen-bond acceptors (Lipinski definition) is 4. The smallest absolute Gasteiger partial charge is 0.227 e. The summed E-state index contributed by atoms with van der Waals surface area (Å²) in [6.45, 7) is 2.31. The first-order valence-corrected chi connectivity index (χ1v) is 10.5. The second kappa shape index (κ2) is 9.83. The zero-order chi connectivity index (χ0) is 22.3. The Kier molecular flexibility index (Phi) is 6.51. The molecule has 0 aliphatic heterocycles. The van der Waals surface area contributed by atoms with Crippen LogP contribution in [0.3, 0.4) is 0 Å². The first-order valence-electron chi connectivity index (χ1n) is 10.5. The number of hydrogen-bond donors (Lipinski definition) is 1. The first-order chi connectivity index (χ1) is 15.6. The third kappa shape index (κ3) is 4.98. The predicted octanol–water partition coefficient (Wildman–Crippen LogP) is 4.17. The number of carbonyl (C=O) groups is 2. The highest BCUT2D eigenvalue weighted by Gasteiger charge is 2.22. The summed E-state index contributed by atoms with van der Waals surface area (Å²) in [5, 5.41) is 7.31. The second-order valence-corrected chi connectivity index (χ2v) is 7.63. The van der Waals surface area contributed by atoms with Crippen LogP contribution in [0.4, 0.5) is 0 Å². The molecule has 1 amide bonds. The SMILES string of the molecule is C[C@H](C(=O)N[C@H](Cn1cncn1)c1ccccc1)c1cccc(C(=O)c2ccccc2)c1. The van der Waals surface area contributed by atoms with Gasteiger partial charge in [0.15, 0.2) is 5.78 Å². The molecule has 0 saturated carbocycles. The molecule has 0 spiro atoms. The van der Waals surface area contributed by atoms with E-state index in [0.29, 0.717) is 17.7 Å². The molecule has 1 N–H and O–H groups in total. The Morgan fingerprint density at radius 3 is 2.22 bits per heavy atom. The van der Waals surface area contributed by atoms with Gasteiger partial charge in [-0.3, -0.25) is 14.3 Å². The van der Waals surface area contributed by atoms with Crippen molar-refractivity contribution in [2.24, 2.45) is 0 Å². The lowest BCUT2D eigenvalue weighted by molar-refractivity contribution is -0.123. The summed E-state index contributed by atoms with van der Waals surface area (Å²) in [6.07, 6.45) is 3.10. The van der Waals surface area contributed by atoms with E-state index in [9.17, 15) is 9.59 Å². The van der Waals surface area contributed by atoms with Crippen LogP contribution in [0.5, 0.6) is 0 Å². The van der Waals surface area contributed by atoms with Crippen LogP contribution in [0.15, 0.2) is 97.6 Å². The molecule has 4 rings (SSSR count). The number of ketones is 1. The summed E-state index contributed by atoms with van der Waals surface area (Å²) in [4.78, 5) is 30.0. The van der Waals surface area contributed by atoms with Gasteiger partial charge in [0.2, 0.25) is 5.91 Å². The molecule has 0 bridgehead atoms. The number of nitrogens with one attached hydrogen (secondary N) is 1. The molecule has 3 aromatic carbocycles. The monoisotopic (exact) mass is 424 g/mol. The average molecular weight is 425 g/mol. The Morgan fingerprint density at radius 1 is 0.875 bits per heavy atom. The third-order valence-corrected chi connectivity index (χ3v) is 5.43. The highest BCUT2D eigenvalue weighted by atomic mass is 16.2. The Bertz CT molecular complexity index is 1170. The molecule has 32 heavy (non-hydrogen) atoms. The fourth-order valence-corrected chi connectivity index (χ4v) is 3.59. The second-order valence-electron chi connectivity index (χ2n) is 7.63. The van der Waals surface area contributed by atoms with E-state index in [1.54, 1.807) is 35.3 Å². The topological polar surface area (TPSA) is 76.9 Å². The average Bonchev–Trinajstić information content (AvgIpc) is 3.37. The molecule has 6 heteroatoms. The van der Waals surface area contributed by atoms with Gasteiger partial charge >= 0.3 is 0 Å². The molecule has 0 unspecified atom stereocenters. The maximum atomic E-state index is 13.2. The van der Waals surface area contributed by atoms with Gasteiger partial charge in [-0.05, 0) is 24.1 Å². The van der Waals surface area contributed by atoms with Crippen molar-refractivity contribution in [1.29, 1.82) is 0 Å². The number of rotatable bonds is 8. The van der Waals surface area contributed by atoms with Crippen LogP contribution >= 0.6 is 0 Å². The number of nitrogens with zero attached hydrogens (tertiary/aromatic N) is 3. The number of amides is 1. The molecule has 2 atom stereocenters. The van der Waals surface area contributed by atoms with E-state index in [4.69, 9.17) is 0 Å². The van der Waals surface area contributed by atoms with Gasteiger partial charge in [-0.2, -0.15) is 5.10 Å². The largest absolute Gasteiger partial charge is 0.347 e. The summed E-state index contributed by atoms with van der Waals surface area (Å²) in [5.41, 5.74) is 2.96. The van der Waals surface area contributed by atoms with E-state index >= 15 is 0 Å². The quantitative estimate of drug-likeness (QED) is 0.431. The van der Waals surface area contributed by atoms with Crippen LogP contribution in [0.25, 0.3) is 0 Å². The third-order valence-electron chi connectivity index (χ3n) is 5.43. The zero-order valence-electron chi connectivity index (χ0n) is 17.8. The maximum absolute atomic E-state index is 13.2. The molecular formula is C26H24N4O2. The minimum absolute atomic E-state index is 0.0617. The van der Waals surface area contributed by atoms with E-state index in [-0.39, 0.29) is 17.7 Å². The lowest BCUT2D eigenvalue weighted by Gasteiger charge is -2.22. The van der Waals surface area contributed by atoms with Crippen LogP contribution in [0.1, 0.15) is 45.9 Å². The van der Waals surface area contributed by atoms with Gasteiger partial charge in [-0.25, -0.2) is 4.98 Å². The van der Waals surface area contributed by atoms with Crippen LogP contribution in [0.2, 0.25) is 0 Å². The molecule has 160 valence electrons. The molecule has 6 nitrogen and oxygen atoms in total. The van der Waals surface area contributed by atoms with Crippen LogP contribution in [-0.4, -0.2) is 26.5 Å². The van der Waals surface area contributed by atoms with E-state index in [1.165, 1.54) is 6.33 Å². The van der Waals surface area contributed by atoms with Gasteiger partial charge in [-0.15, -0.1) is 0 Å². The molecule has 1 aromatic heterocycles. The van der Waals surface area contributed by atoms with Crippen molar-refractivity contribution in [3.8, 4) is 0 Å². The van der Waals surface area contributed by atoms with Crippen molar-refractivity contribution in [3.63, 3.8) is 0 Å². The van der Waals surface area contributed by atoms with Gasteiger partial charge in [0.1, 0.15) is 12.7 Å². The Morgan fingerprint density at radius 2 is 1.53 bits per heavy atom. The first kappa shape index (κ1) is 21.2. The van der Waals surface area contributed by atoms with Gasteiger partial charge in [0.05, 0.1) is 18.5 Å². The van der Waals surface area contributed by atoms with E-state index in [1.807, 2.05) is 67.6 Å². The maximum Gasteiger partial charge on any atom is 0.227 e. The lowest BCUT2D eigenvalue weighted by Crippen LogP contribution is -2.34. The van der Waals surface area contributed by atoms with Crippen molar-refractivity contribution in [2.75, 3.05) is 0 Å². The number of carbonyl (C=O) groups excluding carboxylic acids is 2. The highest BCUT2D eigenvalue weighted by molar-refractivity contribution is 6.09. The van der Waals surface area contributed by atoms with Crippen molar-refractivity contribution < 1.29 is 9.59 Å². The highest BCUT2D eigenvalue weighted by Crippen LogP contribution is 2.22. The minimum atomic E-state index is -0.430. The summed E-state index contributed by atoms with van der Waals surface area (Å²) in [6, 6.07) is 25.9. The Balaban J connectivity index is 1.52. The van der Waals surface area contributed by atoms with Crippen molar-refractivity contribution >= 4 is 11.7 Å². The van der Waals surface area contributed by atoms with Crippen LogP contribution in [0, 0.1) is 0 Å². The number of benzene rings is 3. The van der Waals surface area contributed by atoms with E-state index < -0.39 is 5.92 Å². The van der Waals surface area contributed by atoms with Crippen LogP contribution < -0.4 is 5.32 Å². The van der Waals surface area contributed by atoms with Crippen molar-refractivity contribution in [3.05, 3.63) is 120 Å². The molecule has 0 aliphatic carbocycles. The van der Waals surface area contributed by atoms with E-state index in [0.717, 1.165) is 11.1 Å². The molecular weight excluding hydrogens is 400 g/mol. The van der Waals surface area contributed by atoms with Crippen molar-refractivity contribution in [2.45, 2.75) is 25.4 Å². The van der Waals surface area contributed by atoms with E-state index in [2.05, 4.69) is 15.4 Å². The summed E-state index contributed by atoms with van der Waals surface area (Å²) < 4.78 is 1.70. The summed E-state index contributed by atoms with van der Waals surface area (Å²) in [5.74, 6) is -0.614. The fraction of sp³-hybridized carbons (Fsp3) is 0.154. The number of aromatic nitrogens is 3. The molecule has 0 aliphatic rings. The van der Waals surface area contributed by atoms with Crippen molar-refractivity contribution in [1.82, 2.24) is 20.1 Å². The zero-order valence-corrected chi connectivity index (χ0v) is 17.8. The Hall–Kier alpha value is -4.06. The van der Waals surface area contributed by atoms with Gasteiger partial charge in [0.25, 0.3) is 0 Å². The summed E-state index contributed by atoms with van der Waals surface area (Å²) >= 11 is 0. The Labute approximate surface area is 186 Å². The molecule has 1 heterocycles. The summed E-state index contributed by atoms with van der Waals surface area (Å²) in [7, 11) is 0. The lowest BCUT2D eigenvalue weighted by atomic mass is 9.94. The standard InChI is InChI=1S/C26H24N4O2/c1-19(22-13-8-14-23(15-22)25(31)21-11-6-3-7-12-21)26(32)29-24(16-30-18-27-17-28-30)20-9-4-2-5-10-20/h2-15,17-19,24H,16H2,1H3,(H,29,32)/t19-,24+/m0/s1. The van der Waals surface area contributed by atoms with Crippen LogP contribution in [-0.2, 0) is 11.3 Å². The van der Waals surface area contributed by atoms with Gasteiger partial charge in [0, 0.05) is 11.1 Å². The molecule has 0 radical (unpaired) electrons. The molecule has 0 saturated heterocycles. The fourth-order valence-electron chi connectivity index (χ4n) is 3.59. The normalized spacial score (nSPS) is 12.7. The molecule has 0 fully saturated rings.